The lowest BCUT2D eigenvalue weighted by Gasteiger charge is -2.28. The number of ether oxygens (including phenoxy) is 1. The van der Waals surface area contributed by atoms with E-state index in [1.165, 1.54) is 12.8 Å². The number of anilines is 1. The molecule has 0 bridgehead atoms. The van der Waals surface area contributed by atoms with Gasteiger partial charge in [0.25, 0.3) is 0 Å². The number of para-hydroxylation sites is 2. The van der Waals surface area contributed by atoms with Crippen LogP contribution in [0.3, 0.4) is 0 Å². The second-order valence-corrected chi connectivity index (χ2v) is 6.69. The number of carbonyl (C=O) groups is 1. The molecule has 1 aromatic carbocycles. The number of pyridine rings is 1. The average Bonchev–Trinajstić information content (AvgIpc) is 3.43. The lowest BCUT2D eigenvalue weighted by atomic mass is 10.2. The Morgan fingerprint density at radius 2 is 1.96 bits per heavy atom. The number of nitrogens with zero attached hydrogens (tertiary/aromatic N) is 3. The third-order valence-corrected chi connectivity index (χ3v) is 5.04. The fourth-order valence-electron chi connectivity index (χ4n) is 3.64. The largest absolute Gasteiger partial charge is 0.495 e. The molecular weight excluding hydrogens is 314 g/mol. The normalized spacial score (nSPS) is 20.3. The molecule has 1 saturated heterocycles. The van der Waals surface area contributed by atoms with Crippen LogP contribution in [-0.4, -0.2) is 41.5 Å². The van der Waals surface area contributed by atoms with Crippen molar-refractivity contribution in [2.24, 2.45) is 0 Å². The van der Waals surface area contributed by atoms with Crippen molar-refractivity contribution in [3.63, 3.8) is 0 Å². The predicted octanol–water partition coefficient (Wildman–Crippen LogP) is 2.86. The Labute approximate surface area is 148 Å². The van der Waals surface area contributed by atoms with Crippen LogP contribution in [0.4, 0.5) is 5.69 Å². The third-order valence-electron chi connectivity index (χ3n) is 5.04. The molecule has 1 aliphatic heterocycles. The van der Waals surface area contributed by atoms with Gasteiger partial charge in [0.05, 0.1) is 24.5 Å². The van der Waals surface area contributed by atoms with E-state index < -0.39 is 0 Å². The van der Waals surface area contributed by atoms with Crippen LogP contribution in [0.2, 0.25) is 0 Å². The van der Waals surface area contributed by atoms with E-state index in [9.17, 15) is 4.79 Å². The first-order valence-electron chi connectivity index (χ1n) is 8.88. The molecule has 5 nitrogen and oxygen atoms in total. The van der Waals surface area contributed by atoms with Gasteiger partial charge in [-0.1, -0.05) is 18.2 Å². The number of carbonyl (C=O) groups excluding carboxylic acids is 1. The number of methoxy groups -OCH3 is 1. The first-order chi connectivity index (χ1) is 12.3. The molecule has 1 aliphatic carbocycles. The van der Waals surface area contributed by atoms with Crippen LogP contribution in [0.5, 0.6) is 5.75 Å². The molecule has 2 aromatic rings. The maximum atomic E-state index is 13.1. The molecule has 1 saturated carbocycles. The molecule has 0 unspecified atom stereocenters. The van der Waals surface area contributed by atoms with Crippen molar-refractivity contribution in [1.29, 1.82) is 0 Å². The van der Waals surface area contributed by atoms with E-state index in [0.29, 0.717) is 6.04 Å². The maximum Gasteiger partial charge on any atom is 0.244 e. The number of rotatable bonds is 6. The molecule has 5 heteroatoms. The number of benzene rings is 1. The zero-order valence-electron chi connectivity index (χ0n) is 14.5. The van der Waals surface area contributed by atoms with Crippen molar-refractivity contribution in [3.05, 3.63) is 54.4 Å². The van der Waals surface area contributed by atoms with Crippen LogP contribution < -0.4 is 9.64 Å². The maximum absolute atomic E-state index is 13.1. The zero-order valence-corrected chi connectivity index (χ0v) is 14.5. The minimum atomic E-state index is -0.0700. The van der Waals surface area contributed by atoms with Crippen LogP contribution in [0.25, 0.3) is 0 Å². The SMILES string of the molecule is COc1ccccc1N1CC[C@H](N(Cc2ccccn2)C2CC2)C1=O. The Morgan fingerprint density at radius 1 is 1.16 bits per heavy atom. The van der Waals surface area contributed by atoms with Gasteiger partial charge in [-0.3, -0.25) is 14.7 Å². The molecule has 1 aromatic heterocycles. The van der Waals surface area contributed by atoms with Gasteiger partial charge in [-0.05, 0) is 43.5 Å². The second-order valence-electron chi connectivity index (χ2n) is 6.69. The zero-order chi connectivity index (χ0) is 17.2. The number of aromatic nitrogens is 1. The summed E-state index contributed by atoms with van der Waals surface area (Å²) >= 11 is 0. The van der Waals surface area contributed by atoms with E-state index in [2.05, 4.69) is 9.88 Å². The molecule has 0 N–H and O–H groups in total. The molecule has 1 amide bonds. The summed E-state index contributed by atoms with van der Waals surface area (Å²) in [6.45, 7) is 1.47. The highest BCUT2D eigenvalue weighted by molar-refractivity contribution is 6.00. The minimum Gasteiger partial charge on any atom is -0.495 e. The van der Waals surface area contributed by atoms with Crippen LogP contribution >= 0.6 is 0 Å². The summed E-state index contributed by atoms with van der Waals surface area (Å²) in [4.78, 5) is 21.8. The summed E-state index contributed by atoms with van der Waals surface area (Å²) < 4.78 is 5.44. The summed E-state index contributed by atoms with van der Waals surface area (Å²) in [5.74, 6) is 0.923. The average molecular weight is 337 g/mol. The van der Waals surface area contributed by atoms with E-state index in [0.717, 1.165) is 36.6 Å². The summed E-state index contributed by atoms with van der Waals surface area (Å²) in [5, 5.41) is 0. The standard InChI is InChI=1S/C20H23N3O2/c1-25-19-8-3-2-7-17(19)22-13-11-18(20(22)24)23(16-9-10-16)14-15-6-4-5-12-21-15/h2-8,12,16,18H,9-11,13-14H2,1H3/t18-/m0/s1. The topological polar surface area (TPSA) is 45.7 Å². The van der Waals surface area contributed by atoms with Crippen molar-refractivity contribution >= 4 is 11.6 Å². The van der Waals surface area contributed by atoms with Crippen molar-refractivity contribution in [3.8, 4) is 5.75 Å². The summed E-state index contributed by atoms with van der Waals surface area (Å²) in [7, 11) is 1.65. The first kappa shape index (κ1) is 16.1. The van der Waals surface area contributed by atoms with E-state index in [4.69, 9.17) is 4.74 Å². The van der Waals surface area contributed by atoms with Crippen molar-refractivity contribution < 1.29 is 9.53 Å². The highest BCUT2D eigenvalue weighted by Crippen LogP contribution is 2.36. The Hall–Kier alpha value is -2.40. The van der Waals surface area contributed by atoms with Gasteiger partial charge in [0.15, 0.2) is 0 Å². The lowest BCUT2D eigenvalue weighted by Crippen LogP contribution is -2.43. The Bertz CT molecular complexity index is 746. The monoisotopic (exact) mass is 337 g/mol. The van der Waals surface area contributed by atoms with Gasteiger partial charge in [0.1, 0.15) is 5.75 Å². The molecule has 0 radical (unpaired) electrons. The molecule has 1 atom stereocenters. The van der Waals surface area contributed by atoms with Gasteiger partial charge in [-0.15, -0.1) is 0 Å². The molecule has 2 aliphatic rings. The first-order valence-corrected chi connectivity index (χ1v) is 8.88. The quantitative estimate of drug-likeness (QED) is 0.813. The minimum absolute atomic E-state index is 0.0700. The van der Waals surface area contributed by atoms with E-state index in [1.807, 2.05) is 53.6 Å². The molecule has 2 heterocycles. The van der Waals surface area contributed by atoms with Crippen molar-refractivity contribution in [2.75, 3.05) is 18.6 Å². The van der Waals surface area contributed by atoms with Crippen LogP contribution in [0.1, 0.15) is 25.0 Å². The Kier molecular flexibility index (Phi) is 4.40. The Balaban J connectivity index is 1.55. The summed E-state index contributed by atoms with van der Waals surface area (Å²) in [6, 6.07) is 14.1. The summed E-state index contributed by atoms with van der Waals surface area (Å²) in [6.07, 6.45) is 5.01. The predicted molar refractivity (Wildman–Crippen MR) is 96.6 cm³/mol. The fourth-order valence-corrected chi connectivity index (χ4v) is 3.64. The molecular formula is C20H23N3O2. The molecule has 0 spiro atoms. The van der Waals surface area contributed by atoms with E-state index in [-0.39, 0.29) is 11.9 Å². The van der Waals surface area contributed by atoms with Crippen LogP contribution in [-0.2, 0) is 11.3 Å². The van der Waals surface area contributed by atoms with E-state index in [1.54, 1.807) is 7.11 Å². The smallest absolute Gasteiger partial charge is 0.244 e. The van der Waals surface area contributed by atoms with Gasteiger partial charge in [0, 0.05) is 25.3 Å². The molecule has 130 valence electrons. The third kappa shape index (κ3) is 3.24. The molecule has 25 heavy (non-hydrogen) atoms. The number of amides is 1. The van der Waals surface area contributed by atoms with Gasteiger partial charge < -0.3 is 9.64 Å². The van der Waals surface area contributed by atoms with Crippen LogP contribution in [0.15, 0.2) is 48.7 Å². The Morgan fingerprint density at radius 3 is 2.68 bits per heavy atom. The lowest BCUT2D eigenvalue weighted by molar-refractivity contribution is -0.122. The van der Waals surface area contributed by atoms with Gasteiger partial charge >= 0.3 is 0 Å². The second kappa shape index (κ2) is 6.84. The highest BCUT2D eigenvalue weighted by atomic mass is 16.5. The van der Waals surface area contributed by atoms with Gasteiger partial charge in [0.2, 0.25) is 5.91 Å². The van der Waals surface area contributed by atoms with E-state index >= 15 is 0 Å². The van der Waals surface area contributed by atoms with Crippen LogP contribution in [0, 0.1) is 0 Å². The fraction of sp³-hybridized carbons (Fsp3) is 0.400. The molecule has 2 fully saturated rings. The van der Waals surface area contributed by atoms with Gasteiger partial charge in [-0.25, -0.2) is 0 Å². The number of hydrogen-bond donors (Lipinski definition) is 0. The van der Waals surface area contributed by atoms with Crippen molar-refractivity contribution in [1.82, 2.24) is 9.88 Å². The highest BCUT2D eigenvalue weighted by Gasteiger charge is 2.43. The van der Waals surface area contributed by atoms with Crippen molar-refractivity contribution in [2.45, 2.75) is 37.9 Å². The molecule has 4 rings (SSSR count). The number of hydrogen-bond acceptors (Lipinski definition) is 4. The summed E-state index contributed by atoms with van der Waals surface area (Å²) in [5.41, 5.74) is 1.89. The van der Waals surface area contributed by atoms with Gasteiger partial charge in [-0.2, -0.15) is 0 Å².